The summed E-state index contributed by atoms with van der Waals surface area (Å²) in [5.41, 5.74) is 1.79. The lowest BCUT2D eigenvalue weighted by Crippen LogP contribution is -2.66. The third kappa shape index (κ3) is 4.07. The van der Waals surface area contributed by atoms with E-state index >= 15 is 4.39 Å². The summed E-state index contributed by atoms with van der Waals surface area (Å²) < 4.78 is 23.2. The fourth-order valence-corrected chi connectivity index (χ4v) is 7.88. The van der Waals surface area contributed by atoms with Gasteiger partial charge in [0.25, 0.3) is 5.91 Å². The van der Waals surface area contributed by atoms with Crippen molar-refractivity contribution in [3.63, 3.8) is 0 Å². The summed E-state index contributed by atoms with van der Waals surface area (Å²) in [5.74, 6) is -0.448. The molecule has 8 rings (SSSR count). The highest BCUT2D eigenvalue weighted by Crippen LogP contribution is 2.50. The molecule has 4 aromatic rings. The SMILES string of the molecule is CN1C(=O)C2C3CCC(CN2c2c1c(OCC1CCCN1C)nc1c(F)c(-c4cc(O)cc5cccc(Cl)c45)ncc21)N3. The van der Waals surface area contributed by atoms with Crippen molar-refractivity contribution < 1.29 is 19.0 Å². The number of amides is 1. The van der Waals surface area contributed by atoms with Crippen molar-refractivity contribution in [3.05, 3.63) is 47.4 Å². The number of ether oxygens (including phenoxy) is 1. The van der Waals surface area contributed by atoms with Crippen LogP contribution < -0.4 is 19.9 Å². The van der Waals surface area contributed by atoms with E-state index in [9.17, 15) is 9.90 Å². The molecule has 2 N–H and O–H groups in total. The third-order valence-corrected chi connectivity index (χ3v) is 10.1. The van der Waals surface area contributed by atoms with Crippen LogP contribution in [0.25, 0.3) is 32.9 Å². The number of carbonyl (C=O) groups excluding carboxylic acids is 1. The lowest BCUT2D eigenvalue weighted by molar-refractivity contribution is -0.120. The molecule has 4 atom stereocenters. The number of piperazine rings is 1. The summed E-state index contributed by atoms with van der Waals surface area (Å²) in [4.78, 5) is 29.2. The molecule has 0 radical (unpaired) electrons. The van der Waals surface area contributed by atoms with Crippen LogP contribution in [0.3, 0.4) is 0 Å². The van der Waals surface area contributed by atoms with Crippen molar-refractivity contribution in [3.8, 4) is 22.9 Å². The van der Waals surface area contributed by atoms with Gasteiger partial charge in [-0.25, -0.2) is 9.37 Å². The zero-order chi connectivity index (χ0) is 29.6. The Morgan fingerprint density at radius 1 is 1.19 bits per heavy atom. The highest BCUT2D eigenvalue weighted by Gasteiger charge is 2.50. The van der Waals surface area contributed by atoms with E-state index < -0.39 is 11.9 Å². The number of benzene rings is 2. The molecule has 0 saturated carbocycles. The van der Waals surface area contributed by atoms with Crippen molar-refractivity contribution in [2.45, 2.75) is 49.9 Å². The molecule has 4 aliphatic rings. The van der Waals surface area contributed by atoms with Gasteiger partial charge in [0.05, 0.1) is 5.69 Å². The minimum absolute atomic E-state index is 0.0134. The van der Waals surface area contributed by atoms with Crippen molar-refractivity contribution in [1.82, 2.24) is 20.2 Å². The second kappa shape index (κ2) is 9.90. The lowest BCUT2D eigenvalue weighted by Gasteiger charge is -2.47. The Kier molecular flexibility index (Phi) is 6.19. The number of nitrogens with one attached hydrogen (secondary N) is 1. The first kappa shape index (κ1) is 26.9. The predicted molar refractivity (Wildman–Crippen MR) is 165 cm³/mol. The highest BCUT2D eigenvalue weighted by atomic mass is 35.5. The number of phenols is 1. The fraction of sp³-hybridized carbons (Fsp3) is 0.406. The molecule has 2 aromatic carbocycles. The van der Waals surface area contributed by atoms with Gasteiger partial charge >= 0.3 is 0 Å². The number of aromatic hydroxyl groups is 1. The smallest absolute Gasteiger partial charge is 0.251 e. The van der Waals surface area contributed by atoms with Crippen molar-refractivity contribution in [2.75, 3.05) is 43.6 Å². The van der Waals surface area contributed by atoms with Crippen LogP contribution in [0.2, 0.25) is 5.02 Å². The first-order valence-electron chi connectivity index (χ1n) is 14.9. The van der Waals surface area contributed by atoms with Crippen LogP contribution in [0.5, 0.6) is 11.6 Å². The molecule has 2 aromatic heterocycles. The fourth-order valence-electron chi connectivity index (χ4n) is 7.60. The molecule has 9 nitrogen and oxygen atoms in total. The Morgan fingerprint density at radius 3 is 2.86 bits per heavy atom. The Hall–Kier alpha value is -3.73. The van der Waals surface area contributed by atoms with E-state index in [-0.39, 0.29) is 46.9 Å². The van der Waals surface area contributed by atoms with Gasteiger partial charge in [0.1, 0.15) is 35.3 Å². The number of nitrogens with zero attached hydrogens (tertiary/aromatic N) is 5. The minimum Gasteiger partial charge on any atom is -0.508 e. The molecular formula is C32H32ClFN6O3. The molecule has 222 valence electrons. The average molecular weight is 603 g/mol. The quantitative estimate of drug-likeness (QED) is 0.347. The largest absolute Gasteiger partial charge is 0.508 e. The number of fused-ring (bicyclic) bond motifs is 9. The van der Waals surface area contributed by atoms with Crippen LogP contribution in [-0.2, 0) is 4.79 Å². The maximum atomic E-state index is 16.8. The molecular weight excluding hydrogens is 571 g/mol. The monoisotopic (exact) mass is 602 g/mol. The Balaban J connectivity index is 1.36. The number of halogens is 2. The number of likely N-dealkylation sites (tertiary alicyclic amines) is 1. The summed E-state index contributed by atoms with van der Waals surface area (Å²) in [6.45, 7) is 1.99. The highest BCUT2D eigenvalue weighted by molar-refractivity contribution is 6.36. The second-order valence-electron chi connectivity index (χ2n) is 12.3. The van der Waals surface area contributed by atoms with Gasteiger partial charge in [-0.2, -0.15) is 0 Å². The van der Waals surface area contributed by atoms with E-state index in [0.717, 1.165) is 37.9 Å². The molecule has 0 aliphatic carbocycles. The normalized spacial score (nSPS) is 25.1. The summed E-state index contributed by atoms with van der Waals surface area (Å²) in [6, 6.07) is 8.45. The minimum atomic E-state index is -0.635. The zero-order valence-corrected chi connectivity index (χ0v) is 24.7. The molecule has 4 aliphatic heterocycles. The van der Waals surface area contributed by atoms with Crippen molar-refractivity contribution in [1.29, 1.82) is 0 Å². The maximum absolute atomic E-state index is 16.8. The van der Waals surface area contributed by atoms with E-state index in [1.165, 1.54) is 6.07 Å². The van der Waals surface area contributed by atoms with E-state index in [4.69, 9.17) is 21.3 Å². The molecule has 0 spiro atoms. The first-order chi connectivity index (χ1) is 20.8. The molecule has 2 bridgehead atoms. The van der Waals surface area contributed by atoms with Gasteiger partial charge in [-0.3, -0.25) is 9.78 Å². The number of carbonyl (C=O) groups is 1. The summed E-state index contributed by atoms with van der Waals surface area (Å²) in [7, 11) is 3.82. The number of anilines is 2. The first-order valence-corrected chi connectivity index (χ1v) is 15.2. The Labute approximate surface area is 253 Å². The van der Waals surface area contributed by atoms with Gasteiger partial charge in [0.2, 0.25) is 5.88 Å². The number of rotatable bonds is 4. The number of pyridine rings is 2. The van der Waals surface area contributed by atoms with Crippen LogP contribution in [0.4, 0.5) is 15.8 Å². The summed E-state index contributed by atoms with van der Waals surface area (Å²) in [6.07, 6.45) is 5.60. The van der Waals surface area contributed by atoms with Crippen molar-refractivity contribution >= 4 is 50.6 Å². The molecule has 11 heteroatoms. The van der Waals surface area contributed by atoms with E-state index in [1.54, 1.807) is 36.3 Å². The number of hydrogen-bond acceptors (Lipinski definition) is 8. The standard InChI is InChI=1S/C32H32ClFN6O3/c1-38-10-4-6-18(38)15-43-31-30-28(40-14-17-8-9-23(36-17)29(40)32(42)39(30)2)21-13-35-26(25(34)27(21)37-31)20-12-19(41)11-16-5-3-7-22(33)24(16)20/h3,5,7,11-13,17-18,23,29,36,41H,4,6,8-10,14-15H2,1-2H3. The van der Waals surface area contributed by atoms with Gasteiger partial charge in [0, 0.05) is 59.3 Å². The predicted octanol–water partition coefficient (Wildman–Crippen LogP) is 4.71. The van der Waals surface area contributed by atoms with E-state index in [2.05, 4.69) is 27.1 Å². The van der Waals surface area contributed by atoms with Gasteiger partial charge in [-0.1, -0.05) is 23.7 Å². The Bertz CT molecular complexity index is 1820. The second-order valence-corrected chi connectivity index (χ2v) is 12.7. The van der Waals surface area contributed by atoms with Crippen LogP contribution >= 0.6 is 11.6 Å². The molecule has 3 saturated heterocycles. The maximum Gasteiger partial charge on any atom is 0.251 e. The van der Waals surface area contributed by atoms with Gasteiger partial charge in [-0.05, 0) is 62.9 Å². The van der Waals surface area contributed by atoms with Crippen LogP contribution in [0, 0.1) is 5.82 Å². The van der Waals surface area contributed by atoms with Crippen LogP contribution in [0.1, 0.15) is 25.7 Å². The topological polar surface area (TPSA) is 94.1 Å². The zero-order valence-electron chi connectivity index (χ0n) is 24.0. The Morgan fingerprint density at radius 2 is 2.05 bits per heavy atom. The third-order valence-electron chi connectivity index (χ3n) is 9.76. The summed E-state index contributed by atoms with van der Waals surface area (Å²) in [5, 5.41) is 16.3. The van der Waals surface area contributed by atoms with E-state index in [0.29, 0.717) is 45.6 Å². The number of phenolic OH excluding ortho intramolecular Hbond substituents is 1. The lowest BCUT2D eigenvalue weighted by atomic mass is 9.96. The number of likely N-dealkylation sites (N-methyl/N-ethyl adjacent to an activating group) is 2. The number of hydrogen-bond donors (Lipinski definition) is 2. The van der Waals surface area contributed by atoms with Gasteiger partial charge < -0.3 is 29.9 Å². The summed E-state index contributed by atoms with van der Waals surface area (Å²) >= 11 is 6.59. The number of aromatic nitrogens is 2. The van der Waals surface area contributed by atoms with E-state index in [1.807, 2.05) is 6.07 Å². The average Bonchev–Trinajstić information content (AvgIpc) is 3.58. The molecule has 3 fully saturated rings. The molecule has 1 amide bonds. The van der Waals surface area contributed by atoms with Gasteiger partial charge in [-0.15, -0.1) is 0 Å². The van der Waals surface area contributed by atoms with Crippen LogP contribution in [-0.4, -0.2) is 83.8 Å². The van der Waals surface area contributed by atoms with Crippen molar-refractivity contribution in [2.24, 2.45) is 0 Å². The van der Waals surface area contributed by atoms with Crippen LogP contribution in [0.15, 0.2) is 36.5 Å². The molecule has 43 heavy (non-hydrogen) atoms. The molecule has 6 heterocycles. The van der Waals surface area contributed by atoms with Gasteiger partial charge in [0.15, 0.2) is 5.82 Å². The molecule has 4 unspecified atom stereocenters.